The highest BCUT2D eigenvalue weighted by Gasteiger charge is 2.35. The fourth-order valence-corrected chi connectivity index (χ4v) is 10.4. The van der Waals surface area contributed by atoms with Crippen LogP contribution < -0.4 is 20.4 Å². The van der Waals surface area contributed by atoms with Crippen LogP contribution in [0, 0.1) is 23.1 Å². The largest absolute Gasteiger partial charge is 0.419 e. The number of benzene rings is 2. The van der Waals surface area contributed by atoms with Crippen molar-refractivity contribution in [2.75, 3.05) is 67.5 Å². The van der Waals surface area contributed by atoms with Crippen molar-refractivity contribution in [1.29, 1.82) is 5.26 Å². The summed E-state index contributed by atoms with van der Waals surface area (Å²) in [6, 6.07) is 9.66. The van der Waals surface area contributed by atoms with Gasteiger partial charge in [0, 0.05) is 76.6 Å². The first-order valence-corrected chi connectivity index (χ1v) is 21.6. The Balaban J connectivity index is 0.838. The van der Waals surface area contributed by atoms with Gasteiger partial charge in [-0.15, -0.1) is 0 Å². The van der Waals surface area contributed by atoms with Crippen LogP contribution in [0.1, 0.15) is 67.6 Å². The number of sulfonamides is 1. The quantitative estimate of drug-likeness (QED) is 0.212. The Bertz CT molecular complexity index is 2420. The zero-order chi connectivity index (χ0) is 42.3. The van der Waals surface area contributed by atoms with Crippen molar-refractivity contribution in [2.24, 2.45) is 13.0 Å². The molecule has 318 valence electrons. The third-order valence-electron chi connectivity index (χ3n) is 12.3. The number of nitriles is 1. The lowest BCUT2D eigenvalue weighted by atomic mass is 9.87. The van der Waals surface area contributed by atoms with Crippen LogP contribution in [0.15, 0.2) is 47.6 Å². The molecule has 4 aromatic rings. The highest BCUT2D eigenvalue weighted by atomic mass is 32.2. The molecule has 2 aromatic heterocycles. The third-order valence-corrected chi connectivity index (χ3v) is 14.2. The van der Waals surface area contributed by atoms with Crippen LogP contribution in [0.5, 0.6) is 0 Å². The van der Waals surface area contributed by atoms with Crippen LogP contribution in [-0.2, 0) is 28.0 Å². The summed E-state index contributed by atoms with van der Waals surface area (Å²) >= 11 is 0. The van der Waals surface area contributed by atoms with Gasteiger partial charge < -0.3 is 15.1 Å². The molecule has 0 spiro atoms. The van der Waals surface area contributed by atoms with Crippen LogP contribution in [0.25, 0.3) is 10.9 Å². The second-order valence-electron chi connectivity index (χ2n) is 16.0. The van der Waals surface area contributed by atoms with Crippen molar-refractivity contribution in [2.45, 2.75) is 68.0 Å². The highest BCUT2D eigenvalue weighted by Crippen LogP contribution is 2.37. The number of likely N-dealkylation sites (tertiary alicyclic amines) is 1. The minimum absolute atomic E-state index is 0.0278. The summed E-state index contributed by atoms with van der Waals surface area (Å²) in [5.74, 6) is 0.115. The van der Waals surface area contributed by atoms with Crippen molar-refractivity contribution < 1.29 is 35.6 Å². The van der Waals surface area contributed by atoms with E-state index in [9.17, 15) is 36.4 Å². The summed E-state index contributed by atoms with van der Waals surface area (Å²) in [6.07, 6.45) is 1.15. The number of halogens is 4. The molecule has 15 nitrogen and oxygen atoms in total. The molecule has 2 N–H and O–H groups in total. The first-order chi connectivity index (χ1) is 28.7. The fourth-order valence-electron chi connectivity index (χ4n) is 8.90. The van der Waals surface area contributed by atoms with E-state index >= 15 is 4.39 Å². The number of anilines is 3. The number of carbonyl (C=O) groups is 2. The zero-order valence-electron chi connectivity index (χ0n) is 33.0. The Labute approximate surface area is 344 Å². The van der Waals surface area contributed by atoms with Gasteiger partial charge in [0.05, 0.1) is 21.7 Å². The van der Waals surface area contributed by atoms with Crippen LogP contribution in [0.4, 0.5) is 39.8 Å². The van der Waals surface area contributed by atoms with E-state index in [1.165, 1.54) is 20.0 Å². The number of hydrogen-bond acceptors (Lipinski definition) is 11. The predicted octanol–water partition coefficient (Wildman–Crippen LogP) is 5.20. The molecule has 4 aliphatic rings. The number of amides is 3. The molecule has 0 aliphatic carbocycles. The van der Waals surface area contributed by atoms with E-state index in [-0.39, 0.29) is 60.6 Å². The first-order valence-electron chi connectivity index (χ1n) is 20.1. The molecular formula is C40H45F4N11O4S. The lowest BCUT2D eigenvalue weighted by Gasteiger charge is -2.39. The molecule has 8 rings (SSSR count). The van der Waals surface area contributed by atoms with Crippen molar-refractivity contribution in [3.8, 4) is 6.07 Å². The van der Waals surface area contributed by atoms with Crippen LogP contribution in [0.2, 0.25) is 0 Å². The molecule has 0 saturated carbocycles. The average molecular weight is 852 g/mol. The van der Waals surface area contributed by atoms with Crippen LogP contribution in [-0.4, -0.2) is 108 Å². The molecule has 0 radical (unpaired) electrons. The summed E-state index contributed by atoms with van der Waals surface area (Å²) < 4.78 is 85.2. The van der Waals surface area contributed by atoms with Gasteiger partial charge in [-0.25, -0.2) is 27.6 Å². The molecule has 4 fully saturated rings. The lowest BCUT2D eigenvalue weighted by Crippen LogP contribution is -2.49. The lowest BCUT2D eigenvalue weighted by molar-refractivity contribution is -0.138. The molecule has 3 amide bonds. The molecule has 0 unspecified atom stereocenters. The summed E-state index contributed by atoms with van der Waals surface area (Å²) in [4.78, 5) is 37.7. The molecule has 0 atom stereocenters. The number of hydrogen-bond donors (Lipinski definition) is 2. The van der Waals surface area contributed by atoms with Gasteiger partial charge in [0.15, 0.2) is 11.6 Å². The normalized spacial score (nSPS) is 19.8. The van der Waals surface area contributed by atoms with E-state index in [2.05, 4.69) is 41.6 Å². The van der Waals surface area contributed by atoms with E-state index in [1.807, 2.05) is 6.07 Å². The van der Waals surface area contributed by atoms with Gasteiger partial charge in [0.1, 0.15) is 11.6 Å². The molecule has 60 heavy (non-hydrogen) atoms. The molecule has 6 heterocycles. The fraction of sp³-hybridized carbons (Fsp3) is 0.500. The maximum absolute atomic E-state index is 16.1. The standard InChI is InChI=1S/C40H45F4N11O4S/c1-51-36-32(37(50-51)55-19-12-34(56)49-39(55)57)5-4-31(35(36)41)26-8-13-52(14-9-26)24-25-6-15-53(16-7-25)33-20-30(3-2-27(33)21-45)60(58,59)54-17-10-29(11-18-54)48-38-46-22-28(23-47-38)40(42,43)44/h2-5,20,22-23,25-26,29H,6-19,24H2,1H3,(H,46,47,48)(H,49,56,57). The van der Waals surface area contributed by atoms with E-state index in [0.29, 0.717) is 77.8 Å². The van der Waals surface area contributed by atoms with Gasteiger partial charge in [-0.2, -0.15) is 27.8 Å². The number of aryl methyl sites for hydroxylation is 1. The molecule has 4 saturated heterocycles. The Hall–Kier alpha value is -5.39. The van der Waals surface area contributed by atoms with Crippen molar-refractivity contribution >= 4 is 50.3 Å². The number of nitrogens with one attached hydrogen (secondary N) is 2. The molecular weight excluding hydrogens is 807 g/mol. The van der Waals surface area contributed by atoms with Crippen LogP contribution >= 0.6 is 0 Å². The van der Waals surface area contributed by atoms with Gasteiger partial charge in [-0.3, -0.25) is 19.7 Å². The summed E-state index contributed by atoms with van der Waals surface area (Å²) in [6.45, 7) is 4.41. The second-order valence-corrected chi connectivity index (χ2v) is 17.9. The van der Waals surface area contributed by atoms with E-state index in [1.54, 1.807) is 25.2 Å². The van der Waals surface area contributed by atoms with Crippen molar-refractivity contribution in [3.05, 3.63) is 65.2 Å². The topological polar surface area (TPSA) is 173 Å². The first kappa shape index (κ1) is 41.3. The van der Waals surface area contributed by atoms with Crippen molar-refractivity contribution in [1.82, 2.24) is 34.3 Å². The van der Waals surface area contributed by atoms with E-state index in [0.717, 1.165) is 45.3 Å². The number of fused-ring (bicyclic) bond motifs is 1. The minimum Gasteiger partial charge on any atom is -0.370 e. The van der Waals surface area contributed by atoms with E-state index < -0.39 is 27.8 Å². The number of rotatable bonds is 9. The Morgan fingerprint density at radius 1 is 0.933 bits per heavy atom. The van der Waals surface area contributed by atoms with Gasteiger partial charge in [0.2, 0.25) is 21.9 Å². The number of imide groups is 1. The number of nitrogens with zero attached hydrogens (tertiary/aromatic N) is 9. The Kier molecular flexibility index (Phi) is 11.4. The highest BCUT2D eigenvalue weighted by molar-refractivity contribution is 7.89. The monoisotopic (exact) mass is 851 g/mol. The number of piperidine rings is 3. The maximum atomic E-state index is 16.1. The second kappa shape index (κ2) is 16.6. The number of carbonyl (C=O) groups excluding carboxylic acids is 2. The zero-order valence-corrected chi connectivity index (χ0v) is 33.8. The molecule has 20 heteroatoms. The average Bonchev–Trinajstić information content (AvgIpc) is 3.57. The number of alkyl halides is 3. The van der Waals surface area contributed by atoms with Gasteiger partial charge in [0.25, 0.3) is 0 Å². The number of urea groups is 1. The van der Waals surface area contributed by atoms with Crippen LogP contribution in [0.3, 0.4) is 0 Å². The molecule has 2 aromatic carbocycles. The predicted molar refractivity (Wildman–Crippen MR) is 213 cm³/mol. The molecule has 0 bridgehead atoms. The smallest absolute Gasteiger partial charge is 0.370 e. The summed E-state index contributed by atoms with van der Waals surface area (Å²) in [7, 11) is -2.24. The maximum Gasteiger partial charge on any atom is 0.419 e. The van der Waals surface area contributed by atoms with Gasteiger partial charge >= 0.3 is 12.2 Å². The van der Waals surface area contributed by atoms with Crippen molar-refractivity contribution in [3.63, 3.8) is 0 Å². The molecule has 4 aliphatic heterocycles. The Morgan fingerprint density at radius 3 is 2.28 bits per heavy atom. The third kappa shape index (κ3) is 8.34. The SMILES string of the molecule is Cn1nc(N2CCC(=O)NC2=O)c2ccc(C3CCN(CC4CCN(c5cc(S(=O)(=O)N6CCC(Nc7ncc(C(F)(F)F)cn7)CC6)ccc5C#N)CC4)CC3)c(F)c21. The summed E-state index contributed by atoms with van der Waals surface area (Å²) in [5.41, 5.74) is 0.997. The minimum atomic E-state index is -4.54. The van der Waals surface area contributed by atoms with Gasteiger partial charge in [-0.1, -0.05) is 6.07 Å². The van der Waals surface area contributed by atoms with E-state index in [4.69, 9.17) is 0 Å². The summed E-state index contributed by atoms with van der Waals surface area (Å²) in [5, 5.41) is 20.2. The Morgan fingerprint density at radius 2 is 1.63 bits per heavy atom. The van der Waals surface area contributed by atoms with Gasteiger partial charge in [-0.05, 0) is 93.3 Å². The number of aromatic nitrogens is 4.